The summed E-state index contributed by atoms with van der Waals surface area (Å²) in [6, 6.07) is 14.0. The molecule has 0 aliphatic heterocycles. The first kappa shape index (κ1) is 20.1. The third-order valence-corrected chi connectivity index (χ3v) is 6.71. The number of halogens is 1. The van der Waals surface area contributed by atoms with Gasteiger partial charge >= 0.3 is 0 Å². The smallest absolute Gasteiger partial charge is 0.164 e. The van der Waals surface area contributed by atoms with Gasteiger partial charge in [-0.25, -0.2) is 19.6 Å². The van der Waals surface area contributed by atoms with Crippen LogP contribution in [0.2, 0.25) is 5.02 Å². The lowest BCUT2D eigenvalue weighted by molar-refractivity contribution is 0.336. The van der Waals surface area contributed by atoms with E-state index in [0.29, 0.717) is 22.6 Å². The van der Waals surface area contributed by atoms with Crippen LogP contribution in [0.3, 0.4) is 0 Å². The van der Waals surface area contributed by atoms with Crippen molar-refractivity contribution in [2.45, 2.75) is 38.1 Å². The van der Waals surface area contributed by atoms with E-state index < -0.39 is 0 Å². The molecule has 1 aliphatic rings. The van der Waals surface area contributed by atoms with Crippen LogP contribution >= 0.6 is 11.6 Å². The van der Waals surface area contributed by atoms with E-state index in [1.165, 1.54) is 25.6 Å². The van der Waals surface area contributed by atoms with Crippen molar-refractivity contribution in [3.63, 3.8) is 0 Å². The predicted molar refractivity (Wildman–Crippen MR) is 131 cm³/mol. The summed E-state index contributed by atoms with van der Waals surface area (Å²) in [5.41, 5.74) is 11.0. The van der Waals surface area contributed by atoms with Gasteiger partial charge in [0.15, 0.2) is 5.65 Å². The van der Waals surface area contributed by atoms with Crippen molar-refractivity contribution in [1.29, 1.82) is 0 Å². The first-order valence-corrected chi connectivity index (χ1v) is 11.6. The van der Waals surface area contributed by atoms with Gasteiger partial charge in [0, 0.05) is 17.1 Å². The van der Waals surface area contributed by atoms with Crippen LogP contribution < -0.4 is 5.73 Å². The minimum Gasteiger partial charge on any atom is -0.383 e. The van der Waals surface area contributed by atoms with Crippen LogP contribution in [0.25, 0.3) is 44.6 Å². The molecule has 4 aromatic heterocycles. The summed E-state index contributed by atoms with van der Waals surface area (Å²) < 4.78 is 2.03. The van der Waals surface area contributed by atoms with Crippen LogP contribution in [0, 0.1) is 0 Å². The Kier molecular flexibility index (Phi) is 4.91. The van der Waals surface area contributed by atoms with Crippen molar-refractivity contribution in [3.05, 3.63) is 60.0 Å². The van der Waals surface area contributed by atoms with Gasteiger partial charge in [0.05, 0.1) is 33.4 Å². The number of nitrogen functional groups attached to an aromatic ring is 1. The Labute approximate surface area is 195 Å². The van der Waals surface area contributed by atoms with Gasteiger partial charge in [-0.2, -0.15) is 5.10 Å². The molecule has 1 aliphatic carbocycles. The summed E-state index contributed by atoms with van der Waals surface area (Å²) in [5.74, 6) is 0.406. The van der Waals surface area contributed by atoms with E-state index in [9.17, 15) is 0 Å². The second kappa shape index (κ2) is 8.08. The molecule has 0 saturated heterocycles. The summed E-state index contributed by atoms with van der Waals surface area (Å²) in [5, 5.41) is 7.28. The molecule has 5 aromatic rings. The zero-order valence-electron chi connectivity index (χ0n) is 17.9. The third-order valence-electron chi connectivity index (χ3n) is 6.40. The number of aromatic nitrogens is 6. The minimum absolute atomic E-state index is 0.303. The number of anilines is 1. The van der Waals surface area contributed by atoms with Crippen molar-refractivity contribution in [2.24, 2.45) is 0 Å². The quantitative estimate of drug-likeness (QED) is 0.367. The standard InChI is InChI=1S/C25H22ClN7/c26-18-12-15-9-10-20(19-8-4-5-11-28-19)31-21(15)13-17(18)23-22-24(27)29-14-30-25(22)33(32-23)16-6-2-1-3-7-16/h4-5,8-14,16H,1-3,6-7H2,(H2,27,29,30). The lowest BCUT2D eigenvalue weighted by Gasteiger charge is -2.22. The van der Waals surface area contributed by atoms with E-state index in [0.717, 1.165) is 51.7 Å². The maximum absolute atomic E-state index is 6.77. The van der Waals surface area contributed by atoms with E-state index in [4.69, 9.17) is 27.4 Å². The van der Waals surface area contributed by atoms with E-state index in [1.54, 1.807) is 6.20 Å². The fourth-order valence-electron chi connectivity index (χ4n) is 4.75. The highest BCUT2D eigenvalue weighted by molar-refractivity contribution is 6.34. The van der Waals surface area contributed by atoms with Gasteiger partial charge in [-0.05, 0) is 43.2 Å². The average molecular weight is 456 g/mol. The molecule has 33 heavy (non-hydrogen) atoms. The summed E-state index contributed by atoms with van der Waals surface area (Å²) in [7, 11) is 0. The van der Waals surface area contributed by atoms with Gasteiger partial charge in [0.25, 0.3) is 0 Å². The zero-order valence-corrected chi connectivity index (χ0v) is 18.7. The van der Waals surface area contributed by atoms with E-state index in [1.807, 2.05) is 47.1 Å². The molecule has 2 N–H and O–H groups in total. The molecule has 0 spiro atoms. The molecule has 0 atom stereocenters. The molecule has 0 unspecified atom stereocenters. The molecule has 164 valence electrons. The monoisotopic (exact) mass is 455 g/mol. The van der Waals surface area contributed by atoms with Gasteiger partial charge in [0.2, 0.25) is 0 Å². The maximum Gasteiger partial charge on any atom is 0.164 e. The molecule has 1 aromatic carbocycles. The fraction of sp³-hybridized carbons (Fsp3) is 0.240. The molecule has 1 fully saturated rings. The van der Waals surface area contributed by atoms with Crippen molar-refractivity contribution in [1.82, 2.24) is 29.7 Å². The predicted octanol–water partition coefficient (Wildman–Crippen LogP) is 5.84. The highest BCUT2D eigenvalue weighted by Crippen LogP contribution is 2.39. The zero-order chi connectivity index (χ0) is 22.4. The van der Waals surface area contributed by atoms with E-state index >= 15 is 0 Å². The number of rotatable bonds is 3. The molecular formula is C25H22ClN7. The Morgan fingerprint density at radius 3 is 2.64 bits per heavy atom. The Bertz CT molecular complexity index is 1470. The largest absolute Gasteiger partial charge is 0.383 e. The molecule has 4 heterocycles. The van der Waals surface area contributed by atoms with Crippen LogP contribution in [0.1, 0.15) is 38.1 Å². The molecule has 0 bridgehead atoms. The number of nitrogens with zero attached hydrogens (tertiary/aromatic N) is 6. The lowest BCUT2D eigenvalue weighted by Crippen LogP contribution is -2.14. The number of hydrogen-bond acceptors (Lipinski definition) is 6. The highest BCUT2D eigenvalue weighted by Gasteiger charge is 2.25. The highest BCUT2D eigenvalue weighted by atomic mass is 35.5. The second-order valence-corrected chi connectivity index (χ2v) is 8.89. The Morgan fingerprint density at radius 1 is 0.939 bits per heavy atom. The first-order valence-electron chi connectivity index (χ1n) is 11.2. The van der Waals surface area contributed by atoms with Crippen LogP contribution in [-0.4, -0.2) is 29.7 Å². The van der Waals surface area contributed by atoms with Crippen LogP contribution in [0.5, 0.6) is 0 Å². The van der Waals surface area contributed by atoms with Crippen molar-refractivity contribution >= 4 is 39.4 Å². The van der Waals surface area contributed by atoms with Crippen LogP contribution in [-0.2, 0) is 0 Å². The molecule has 0 amide bonds. The Hall–Kier alpha value is -3.58. The summed E-state index contributed by atoms with van der Waals surface area (Å²) in [6.45, 7) is 0. The van der Waals surface area contributed by atoms with Crippen molar-refractivity contribution < 1.29 is 0 Å². The molecule has 1 saturated carbocycles. The van der Waals surface area contributed by atoms with Crippen LogP contribution in [0.15, 0.2) is 55.0 Å². The molecule has 7 nitrogen and oxygen atoms in total. The van der Waals surface area contributed by atoms with Gasteiger partial charge in [-0.3, -0.25) is 4.98 Å². The normalized spacial score (nSPS) is 14.8. The van der Waals surface area contributed by atoms with Crippen molar-refractivity contribution in [3.8, 4) is 22.6 Å². The number of hydrogen-bond donors (Lipinski definition) is 1. The molecular weight excluding hydrogens is 434 g/mol. The number of nitrogens with two attached hydrogens (primary N) is 1. The fourth-order valence-corrected chi connectivity index (χ4v) is 5.01. The van der Waals surface area contributed by atoms with Crippen molar-refractivity contribution in [2.75, 3.05) is 5.73 Å². The summed E-state index contributed by atoms with van der Waals surface area (Å²) in [4.78, 5) is 18.1. The van der Waals surface area contributed by atoms with Gasteiger partial charge in [0.1, 0.15) is 17.8 Å². The van der Waals surface area contributed by atoms with Gasteiger partial charge in [-0.15, -0.1) is 0 Å². The summed E-state index contributed by atoms with van der Waals surface area (Å²) >= 11 is 6.77. The van der Waals surface area contributed by atoms with Crippen LogP contribution in [0.4, 0.5) is 5.82 Å². The SMILES string of the molecule is Nc1ncnc2c1c(-c1cc3nc(-c4ccccn4)ccc3cc1Cl)nn2C1CCCCC1. The van der Waals surface area contributed by atoms with Gasteiger partial charge in [-0.1, -0.05) is 43.0 Å². The number of pyridine rings is 2. The molecule has 0 radical (unpaired) electrons. The molecule has 6 rings (SSSR count). The maximum atomic E-state index is 6.77. The first-order chi connectivity index (χ1) is 16.2. The second-order valence-electron chi connectivity index (χ2n) is 8.48. The Balaban J connectivity index is 1.55. The molecule has 8 heteroatoms. The number of fused-ring (bicyclic) bond motifs is 2. The van der Waals surface area contributed by atoms with Gasteiger partial charge < -0.3 is 5.73 Å². The van der Waals surface area contributed by atoms with E-state index in [-0.39, 0.29) is 0 Å². The topological polar surface area (TPSA) is 95.4 Å². The number of benzene rings is 1. The minimum atomic E-state index is 0.303. The third kappa shape index (κ3) is 3.49. The average Bonchev–Trinajstić information content (AvgIpc) is 3.25. The summed E-state index contributed by atoms with van der Waals surface area (Å²) in [6.07, 6.45) is 9.09. The lowest BCUT2D eigenvalue weighted by atomic mass is 9.96. The Morgan fingerprint density at radius 2 is 1.82 bits per heavy atom. The van der Waals surface area contributed by atoms with E-state index in [2.05, 4.69) is 15.0 Å².